The van der Waals surface area contributed by atoms with Gasteiger partial charge in [-0.2, -0.15) is 0 Å². The molecule has 0 aliphatic carbocycles. The molecule has 0 spiro atoms. The van der Waals surface area contributed by atoms with E-state index in [1.165, 1.54) is 6.92 Å². The zero-order valence-corrected chi connectivity index (χ0v) is 17.3. The summed E-state index contributed by atoms with van der Waals surface area (Å²) >= 11 is 6.09. The number of benzene rings is 2. The smallest absolute Gasteiger partial charge is 0.248 e. The quantitative estimate of drug-likeness (QED) is 0.796. The van der Waals surface area contributed by atoms with Crippen molar-refractivity contribution in [3.05, 3.63) is 47.0 Å². The maximum Gasteiger partial charge on any atom is 0.248 e. The van der Waals surface area contributed by atoms with Crippen LogP contribution < -0.4 is 19.1 Å². The number of hydrogen-bond donors (Lipinski definition) is 1. The molecule has 1 N–H and O–H groups in total. The van der Waals surface area contributed by atoms with Gasteiger partial charge >= 0.3 is 0 Å². The van der Waals surface area contributed by atoms with Crippen molar-refractivity contribution in [3.8, 4) is 11.5 Å². The maximum atomic E-state index is 12.8. The zero-order chi connectivity index (χ0) is 20.5. The molecule has 28 heavy (non-hydrogen) atoms. The number of carbonyl (C=O) groups is 1. The predicted octanol–water partition coefficient (Wildman–Crippen LogP) is 3.21. The minimum Gasteiger partial charge on any atom is -0.486 e. The van der Waals surface area contributed by atoms with E-state index in [0.29, 0.717) is 46.7 Å². The molecule has 1 heterocycles. The third kappa shape index (κ3) is 4.18. The summed E-state index contributed by atoms with van der Waals surface area (Å²) in [5, 5.41) is 3.26. The van der Waals surface area contributed by atoms with Gasteiger partial charge in [-0.1, -0.05) is 17.7 Å². The first-order valence-corrected chi connectivity index (χ1v) is 10.9. The zero-order valence-electron chi connectivity index (χ0n) is 15.7. The van der Waals surface area contributed by atoms with Crippen LogP contribution in [-0.4, -0.2) is 39.8 Å². The number of sulfonamides is 1. The number of halogens is 1. The SMILES string of the molecule is Cc1c(Cl)cccc1NC(=O)[C@H](C)N(c1ccc2c(c1)OCCO2)S(C)(=O)=O. The van der Waals surface area contributed by atoms with Gasteiger partial charge in [-0.3, -0.25) is 9.10 Å². The molecule has 2 aromatic rings. The highest BCUT2D eigenvalue weighted by Crippen LogP contribution is 2.35. The molecule has 1 aliphatic rings. The summed E-state index contributed by atoms with van der Waals surface area (Å²) in [6.07, 6.45) is 1.05. The van der Waals surface area contributed by atoms with Crippen molar-refractivity contribution in [1.29, 1.82) is 0 Å². The third-order valence-corrected chi connectivity index (χ3v) is 6.05. The summed E-state index contributed by atoms with van der Waals surface area (Å²) in [5.74, 6) is 0.497. The molecule has 9 heteroatoms. The fourth-order valence-electron chi connectivity index (χ4n) is 2.96. The molecule has 7 nitrogen and oxygen atoms in total. The number of anilines is 2. The van der Waals surface area contributed by atoms with Crippen molar-refractivity contribution in [3.63, 3.8) is 0 Å². The van der Waals surface area contributed by atoms with Gasteiger partial charge in [0.25, 0.3) is 0 Å². The Morgan fingerprint density at radius 3 is 2.54 bits per heavy atom. The van der Waals surface area contributed by atoms with Gasteiger partial charge in [0.15, 0.2) is 11.5 Å². The lowest BCUT2D eigenvalue weighted by Gasteiger charge is -2.29. The number of hydrogen-bond acceptors (Lipinski definition) is 5. The average Bonchev–Trinajstić information content (AvgIpc) is 2.64. The summed E-state index contributed by atoms with van der Waals surface area (Å²) in [4.78, 5) is 12.8. The van der Waals surface area contributed by atoms with Crippen molar-refractivity contribution in [2.24, 2.45) is 0 Å². The Morgan fingerprint density at radius 2 is 1.86 bits per heavy atom. The van der Waals surface area contributed by atoms with Crippen LogP contribution in [0.3, 0.4) is 0 Å². The number of fused-ring (bicyclic) bond motifs is 1. The monoisotopic (exact) mass is 424 g/mol. The molecule has 1 amide bonds. The molecule has 2 aromatic carbocycles. The average molecular weight is 425 g/mol. The second-order valence-corrected chi connectivity index (χ2v) is 8.73. The van der Waals surface area contributed by atoms with Crippen LogP contribution in [0.4, 0.5) is 11.4 Å². The predicted molar refractivity (Wildman–Crippen MR) is 109 cm³/mol. The molecule has 1 atom stereocenters. The Bertz CT molecular complexity index is 1010. The van der Waals surface area contributed by atoms with Gasteiger partial charge in [0.2, 0.25) is 15.9 Å². The molecule has 0 bridgehead atoms. The van der Waals surface area contributed by atoms with Crippen LogP contribution >= 0.6 is 11.6 Å². The van der Waals surface area contributed by atoms with Crippen LogP contribution in [0.15, 0.2) is 36.4 Å². The van der Waals surface area contributed by atoms with Gasteiger partial charge in [0, 0.05) is 16.8 Å². The van der Waals surface area contributed by atoms with Gasteiger partial charge in [-0.05, 0) is 43.7 Å². The number of ether oxygens (including phenoxy) is 2. The van der Waals surface area contributed by atoms with E-state index in [0.717, 1.165) is 10.6 Å². The highest BCUT2D eigenvalue weighted by Gasteiger charge is 2.30. The molecule has 150 valence electrons. The fraction of sp³-hybridized carbons (Fsp3) is 0.316. The van der Waals surface area contributed by atoms with Gasteiger partial charge in [0.05, 0.1) is 11.9 Å². The van der Waals surface area contributed by atoms with Crippen LogP contribution in [0.25, 0.3) is 0 Å². The molecular weight excluding hydrogens is 404 g/mol. The highest BCUT2D eigenvalue weighted by atomic mass is 35.5. The van der Waals surface area contributed by atoms with E-state index in [9.17, 15) is 13.2 Å². The second-order valence-electron chi connectivity index (χ2n) is 6.46. The minimum absolute atomic E-state index is 0.317. The van der Waals surface area contributed by atoms with Crippen LogP contribution in [0.1, 0.15) is 12.5 Å². The summed E-state index contributed by atoms with van der Waals surface area (Å²) in [7, 11) is -3.75. The lowest BCUT2D eigenvalue weighted by molar-refractivity contribution is -0.116. The molecule has 3 rings (SSSR count). The molecule has 0 fully saturated rings. The summed E-state index contributed by atoms with van der Waals surface area (Å²) in [6, 6.07) is 8.91. The van der Waals surface area contributed by atoms with Crippen molar-refractivity contribution in [2.45, 2.75) is 19.9 Å². The first-order chi connectivity index (χ1) is 13.2. The molecule has 0 saturated heterocycles. The van der Waals surface area contributed by atoms with Crippen molar-refractivity contribution in [1.82, 2.24) is 0 Å². The third-order valence-electron chi connectivity index (χ3n) is 4.39. The fourth-order valence-corrected chi connectivity index (χ4v) is 4.30. The topological polar surface area (TPSA) is 84.9 Å². The Hall–Kier alpha value is -2.45. The second kappa shape index (κ2) is 7.89. The highest BCUT2D eigenvalue weighted by molar-refractivity contribution is 7.92. The van der Waals surface area contributed by atoms with Crippen molar-refractivity contribution >= 4 is 38.9 Å². The largest absolute Gasteiger partial charge is 0.486 e. The standard InChI is InChI=1S/C19H21ClN2O5S/c1-12-15(20)5-4-6-16(12)21-19(23)13(2)22(28(3,24)25)14-7-8-17-18(11-14)27-10-9-26-17/h4-8,11,13H,9-10H2,1-3H3,(H,21,23)/t13-/m0/s1. The Balaban J connectivity index is 1.91. The number of carbonyl (C=O) groups excluding carboxylic acids is 1. The number of rotatable bonds is 5. The van der Waals surface area contributed by atoms with Crippen molar-refractivity contribution in [2.75, 3.05) is 29.1 Å². The first kappa shape index (κ1) is 20.3. The van der Waals surface area contributed by atoms with Gasteiger partial charge < -0.3 is 14.8 Å². The molecule has 0 saturated carbocycles. The van der Waals surface area contributed by atoms with E-state index in [4.69, 9.17) is 21.1 Å². The van der Waals surface area contributed by atoms with E-state index in [1.807, 2.05) is 0 Å². The minimum atomic E-state index is -3.75. The van der Waals surface area contributed by atoms with Crippen LogP contribution in [0.2, 0.25) is 5.02 Å². The van der Waals surface area contributed by atoms with Gasteiger partial charge in [-0.15, -0.1) is 0 Å². The number of amides is 1. The van der Waals surface area contributed by atoms with Crippen LogP contribution in [0.5, 0.6) is 11.5 Å². The summed E-state index contributed by atoms with van der Waals surface area (Å²) in [6.45, 7) is 4.10. The Kier molecular flexibility index (Phi) is 5.71. The van der Waals surface area contributed by atoms with Crippen molar-refractivity contribution < 1.29 is 22.7 Å². The number of nitrogens with zero attached hydrogens (tertiary/aromatic N) is 1. The Morgan fingerprint density at radius 1 is 1.18 bits per heavy atom. The van der Waals surface area contributed by atoms with E-state index >= 15 is 0 Å². The molecular formula is C19H21ClN2O5S. The normalized spacial score (nSPS) is 14.3. The van der Waals surface area contributed by atoms with Crippen LogP contribution in [-0.2, 0) is 14.8 Å². The molecule has 0 radical (unpaired) electrons. The van der Waals surface area contributed by atoms with E-state index in [2.05, 4.69) is 5.32 Å². The van der Waals surface area contributed by atoms with E-state index in [-0.39, 0.29) is 0 Å². The summed E-state index contributed by atoms with van der Waals surface area (Å²) < 4.78 is 37.0. The van der Waals surface area contributed by atoms with Crippen LogP contribution in [0, 0.1) is 6.92 Å². The lowest BCUT2D eigenvalue weighted by Crippen LogP contribution is -2.45. The van der Waals surface area contributed by atoms with Gasteiger partial charge in [0.1, 0.15) is 19.3 Å². The maximum absolute atomic E-state index is 12.8. The van der Waals surface area contributed by atoms with Gasteiger partial charge in [-0.25, -0.2) is 8.42 Å². The van der Waals surface area contributed by atoms with E-state index in [1.54, 1.807) is 43.3 Å². The molecule has 0 unspecified atom stereocenters. The lowest BCUT2D eigenvalue weighted by atomic mass is 10.2. The first-order valence-electron chi connectivity index (χ1n) is 8.63. The Labute approximate surface area is 169 Å². The molecule has 0 aromatic heterocycles. The van der Waals surface area contributed by atoms with E-state index < -0.39 is 22.0 Å². The number of nitrogens with one attached hydrogen (secondary N) is 1. The molecule has 1 aliphatic heterocycles. The summed E-state index contributed by atoms with van der Waals surface area (Å²) in [5.41, 5.74) is 1.55.